The summed E-state index contributed by atoms with van der Waals surface area (Å²) in [6.45, 7) is -0.152. The Balaban J connectivity index is 1.46. The van der Waals surface area contributed by atoms with Crippen LogP contribution in [0.3, 0.4) is 0 Å². The topological polar surface area (TPSA) is 67.9 Å². The van der Waals surface area contributed by atoms with Crippen molar-refractivity contribution < 1.29 is 19.1 Å². The number of rotatable bonds is 6. The molecule has 0 unspecified atom stereocenters. The van der Waals surface area contributed by atoms with Crippen LogP contribution in [-0.2, 0) is 9.59 Å². The molecule has 162 valence electrons. The Morgan fingerprint density at radius 2 is 1.78 bits per heavy atom. The summed E-state index contributed by atoms with van der Waals surface area (Å²) in [4.78, 5) is 27.2. The molecule has 32 heavy (non-hydrogen) atoms. The van der Waals surface area contributed by atoms with Crippen LogP contribution in [0.2, 0.25) is 0 Å². The van der Waals surface area contributed by atoms with Crippen molar-refractivity contribution in [3.63, 3.8) is 0 Å². The number of thiocarbonyl (C=S) groups is 1. The van der Waals surface area contributed by atoms with E-state index in [1.165, 1.54) is 16.7 Å². The SMILES string of the molecule is COc1ccc(C=C2SC(=S)N(CC(=O)Nc3ccc4ccccc4c3)C2=O)cc1OC. The molecule has 0 aromatic heterocycles. The van der Waals surface area contributed by atoms with Crippen LogP contribution in [0.4, 0.5) is 5.69 Å². The average Bonchev–Trinajstić information content (AvgIpc) is 3.06. The van der Waals surface area contributed by atoms with Crippen molar-refractivity contribution in [2.75, 3.05) is 26.1 Å². The number of hydrogen-bond acceptors (Lipinski definition) is 6. The van der Waals surface area contributed by atoms with E-state index in [9.17, 15) is 9.59 Å². The van der Waals surface area contributed by atoms with Gasteiger partial charge in [-0.1, -0.05) is 60.4 Å². The van der Waals surface area contributed by atoms with Gasteiger partial charge in [-0.05, 0) is 46.7 Å². The van der Waals surface area contributed by atoms with Crippen LogP contribution in [0, 0.1) is 0 Å². The molecule has 1 heterocycles. The molecular formula is C24H20N2O4S2. The smallest absolute Gasteiger partial charge is 0.266 e. The lowest BCUT2D eigenvalue weighted by Crippen LogP contribution is -2.36. The van der Waals surface area contributed by atoms with Crippen LogP contribution in [0.25, 0.3) is 16.8 Å². The third kappa shape index (κ3) is 4.61. The molecule has 1 saturated heterocycles. The number of anilines is 1. The maximum atomic E-state index is 12.9. The average molecular weight is 465 g/mol. The van der Waals surface area contributed by atoms with E-state index in [-0.39, 0.29) is 18.4 Å². The Morgan fingerprint density at radius 1 is 1.03 bits per heavy atom. The molecule has 6 nitrogen and oxygen atoms in total. The summed E-state index contributed by atoms with van der Waals surface area (Å²) in [5.41, 5.74) is 1.43. The summed E-state index contributed by atoms with van der Waals surface area (Å²) < 4.78 is 10.9. The van der Waals surface area contributed by atoms with E-state index in [0.29, 0.717) is 26.4 Å². The van der Waals surface area contributed by atoms with E-state index in [2.05, 4.69) is 5.32 Å². The van der Waals surface area contributed by atoms with Crippen LogP contribution in [0.15, 0.2) is 65.6 Å². The predicted molar refractivity (Wildman–Crippen MR) is 132 cm³/mol. The van der Waals surface area contributed by atoms with Gasteiger partial charge in [-0.2, -0.15) is 0 Å². The van der Waals surface area contributed by atoms with Gasteiger partial charge in [0.2, 0.25) is 5.91 Å². The highest BCUT2D eigenvalue weighted by Crippen LogP contribution is 2.34. The minimum absolute atomic E-state index is 0.152. The second-order valence-corrected chi connectivity index (χ2v) is 8.67. The van der Waals surface area contributed by atoms with Crippen LogP contribution >= 0.6 is 24.0 Å². The zero-order valence-corrected chi connectivity index (χ0v) is 19.1. The number of nitrogens with one attached hydrogen (secondary N) is 1. The molecule has 0 aliphatic carbocycles. The highest BCUT2D eigenvalue weighted by molar-refractivity contribution is 8.26. The molecule has 0 bridgehead atoms. The molecule has 1 N–H and O–H groups in total. The lowest BCUT2D eigenvalue weighted by molar-refractivity contribution is -0.126. The standard InChI is InChI=1S/C24H20N2O4S2/c1-29-19-10-7-15(11-20(19)30-2)12-21-23(28)26(24(31)32-21)14-22(27)25-18-9-8-16-5-3-4-6-17(16)13-18/h3-13H,14H2,1-2H3,(H,25,27). The third-order valence-electron chi connectivity index (χ3n) is 4.91. The summed E-state index contributed by atoms with van der Waals surface area (Å²) in [7, 11) is 3.11. The molecule has 0 radical (unpaired) electrons. The van der Waals surface area contributed by atoms with Crippen molar-refractivity contribution in [1.29, 1.82) is 0 Å². The normalized spacial score (nSPS) is 14.8. The second kappa shape index (κ2) is 9.42. The highest BCUT2D eigenvalue weighted by Gasteiger charge is 2.33. The van der Waals surface area contributed by atoms with Crippen molar-refractivity contribution in [3.8, 4) is 11.5 Å². The predicted octanol–water partition coefficient (Wildman–Crippen LogP) is 4.70. The molecule has 4 rings (SSSR count). The lowest BCUT2D eigenvalue weighted by Gasteiger charge is -2.14. The van der Waals surface area contributed by atoms with Crippen LogP contribution in [0.1, 0.15) is 5.56 Å². The van der Waals surface area contributed by atoms with Crippen molar-refractivity contribution in [3.05, 3.63) is 71.1 Å². The first-order valence-corrected chi connectivity index (χ1v) is 11.0. The number of amides is 2. The van der Waals surface area contributed by atoms with Gasteiger partial charge in [0.15, 0.2) is 11.5 Å². The number of carbonyl (C=O) groups is 2. The van der Waals surface area contributed by atoms with Crippen LogP contribution < -0.4 is 14.8 Å². The van der Waals surface area contributed by atoms with Gasteiger partial charge in [0.25, 0.3) is 5.91 Å². The van der Waals surface area contributed by atoms with E-state index in [0.717, 1.165) is 16.3 Å². The van der Waals surface area contributed by atoms with Gasteiger partial charge in [0.05, 0.1) is 19.1 Å². The molecule has 1 aliphatic rings. The molecule has 1 aliphatic heterocycles. The van der Waals surface area contributed by atoms with Crippen molar-refractivity contribution in [2.45, 2.75) is 0 Å². The Bertz CT molecular complexity index is 1260. The minimum atomic E-state index is -0.316. The van der Waals surface area contributed by atoms with Gasteiger partial charge in [0.1, 0.15) is 10.9 Å². The van der Waals surface area contributed by atoms with Crippen molar-refractivity contribution in [2.24, 2.45) is 0 Å². The maximum Gasteiger partial charge on any atom is 0.266 e. The summed E-state index contributed by atoms with van der Waals surface area (Å²) >= 11 is 6.51. The maximum absolute atomic E-state index is 12.9. The van der Waals surface area contributed by atoms with Gasteiger partial charge in [-0.3, -0.25) is 14.5 Å². The monoisotopic (exact) mass is 464 g/mol. The number of ether oxygens (including phenoxy) is 2. The first-order valence-electron chi connectivity index (χ1n) is 9.74. The van der Waals surface area contributed by atoms with E-state index in [1.807, 2.05) is 48.5 Å². The molecule has 0 atom stereocenters. The number of hydrogen-bond donors (Lipinski definition) is 1. The number of methoxy groups -OCH3 is 2. The number of carbonyl (C=O) groups excluding carboxylic acids is 2. The highest BCUT2D eigenvalue weighted by atomic mass is 32.2. The van der Waals surface area contributed by atoms with Crippen molar-refractivity contribution >= 4 is 62.7 Å². The lowest BCUT2D eigenvalue weighted by atomic mass is 10.1. The van der Waals surface area contributed by atoms with Gasteiger partial charge in [-0.15, -0.1) is 0 Å². The zero-order valence-electron chi connectivity index (χ0n) is 17.5. The fourth-order valence-electron chi connectivity index (χ4n) is 3.34. The summed E-state index contributed by atoms with van der Waals surface area (Å²) in [5.74, 6) is 0.543. The first kappa shape index (κ1) is 21.9. The second-order valence-electron chi connectivity index (χ2n) is 6.99. The quantitative estimate of drug-likeness (QED) is 0.421. The fraction of sp³-hybridized carbons (Fsp3) is 0.125. The fourth-order valence-corrected chi connectivity index (χ4v) is 4.60. The van der Waals surface area contributed by atoms with Gasteiger partial charge >= 0.3 is 0 Å². The molecule has 0 saturated carbocycles. The number of thioether (sulfide) groups is 1. The number of benzene rings is 3. The van der Waals surface area contributed by atoms with E-state index < -0.39 is 0 Å². The Hall–Kier alpha value is -3.36. The molecule has 3 aromatic carbocycles. The van der Waals surface area contributed by atoms with Gasteiger partial charge in [-0.25, -0.2) is 0 Å². The first-order chi connectivity index (χ1) is 15.5. The molecular weight excluding hydrogens is 444 g/mol. The summed E-state index contributed by atoms with van der Waals surface area (Å²) in [6.07, 6.45) is 1.72. The largest absolute Gasteiger partial charge is 0.493 e. The molecule has 0 spiro atoms. The van der Waals surface area contributed by atoms with E-state index in [1.54, 1.807) is 32.4 Å². The van der Waals surface area contributed by atoms with Gasteiger partial charge < -0.3 is 14.8 Å². The molecule has 8 heteroatoms. The van der Waals surface area contributed by atoms with Gasteiger partial charge in [0, 0.05) is 5.69 Å². The molecule has 3 aromatic rings. The number of nitrogens with zero attached hydrogens (tertiary/aromatic N) is 1. The van der Waals surface area contributed by atoms with Crippen LogP contribution in [0.5, 0.6) is 11.5 Å². The Kier molecular flexibility index (Phi) is 6.43. The minimum Gasteiger partial charge on any atom is -0.493 e. The molecule has 2 amide bonds. The van der Waals surface area contributed by atoms with Crippen molar-refractivity contribution in [1.82, 2.24) is 4.90 Å². The number of fused-ring (bicyclic) bond motifs is 1. The van der Waals surface area contributed by atoms with Crippen LogP contribution in [-0.4, -0.2) is 41.8 Å². The van der Waals surface area contributed by atoms with E-state index in [4.69, 9.17) is 21.7 Å². The Morgan fingerprint density at radius 3 is 2.53 bits per heavy atom. The zero-order chi connectivity index (χ0) is 22.7. The van der Waals surface area contributed by atoms with E-state index >= 15 is 0 Å². The summed E-state index contributed by atoms with van der Waals surface area (Å²) in [5, 5.41) is 4.95. The molecule has 1 fully saturated rings. The summed E-state index contributed by atoms with van der Waals surface area (Å²) in [6, 6.07) is 18.9. The Labute approximate surface area is 195 Å². The third-order valence-corrected chi connectivity index (χ3v) is 6.29.